The van der Waals surface area contributed by atoms with Crippen LogP contribution in [0, 0.1) is 0 Å². The van der Waals surface area contributed by atoms with Crippen molar-refractivity contribution in [2.45, 2.75) is 24.6 Å². The number of carbonyl (C=O) groups excluding carboxylic acids is 1. The minimum atomic E-state index is -0.397. The van der Waals surface area contributed by atoms with Gasteiger partial charge in [-0.3, -0.25) is 10.1 Å². The molecule has 88 valence electrons. The number of carbonyl (C=O) groups is 1. The van der Waals surface area contributed by atoms with Gasteiger partial charge in [0.05, 0.1) is 18.3 Å². The molecular formula is C9H14N4O2S. The van der Waals surface area contributed by atoms with E-state index in [1.807, 2.05) is 11.8 Å². The Balaban J connectivity index is 1.84. The van der Waals surface area contributed by atoms with E-state index in [2.05, 4.69) is 15.5 Å². The van der Waals surface area contributed by atoms with Crippen LogP contribution < -0.4 is 11.1 Å². The lowest BCUT2D eigenvalue weighted by Crippen LogP contribution is -2.28. The van der Waals surface area contributed by atoms with Gasteiger partial charge in [0.2, 0.25) is 11.8 Å². The molecule has 0 saturated carbocycles. The summed E-state index contributed by atoms with van der Waals surface area (Å²) in [4.78, 5) is 14.8. The van der Waals surface area contributed by atoms with Crippen molar-refractivity contribution in [3.05, 3.63) is 11.7 Å². The van der Waals surface area contributed by atoms with Crippen molar-refractivity contribution in [2.75, 3.05) is 12.3 Å². The Morgan fingerprint density at radius 3 is 3.25 bits per heavy atom. The molecule has 0 aromatic carbocycles. The Labute approximate surface area is 97.3 Å². The molecule has 1 fully saturated rings. The molecule has 1 saturated heterocycles. The minimum absolute atomic E-state index is 0.121. The quantitative estimate of drug-likeness (QED) is 0.766. The molecule has 1 aliphatic heterocycles. The van der Waals surface area contributed by atoms with Gasteiger partial charge in [-0.05, 0) is 18.6 Å². The molecule has 1 atom stereocenters. The summed E-state index contributed by atoms with van der Waals surface area (Å²) in [5, 5.41) is 7.13. The summed E-state index contributed by atoms with van der Waals surface area (Å²) in [6, 6.07) is 0. The molecule has 1 aromatic heterocycles. The van der Waals surface area contributed by atoms with Crippen LogP contribution in [0.2, 0.25) is 0 Å². The molecule has 0 bridgehead atoms. The largest absolute Gasteiger partial charge is 0.369 e. The number of thioether (sulfide) groups is 1. The maximum absolute atomic E-state index is 10.5. The van der Waals surface area contributed by atoms with E-state index in [0.29, 0.717) is 17.7 Å². The second-order valence-electron chi connectivity index (χ2n) is 3.62. The number of amides is 1. The first-order valence-corrected chi connectivity index (χ1v) is 6.23. The summed E-state index contributed by atoms with van der Waals surface area (Å²) in [5.41, 5.74) is 4.99. The first-order valence-electron chi connectivity index (χ1n) is 5.19. The smallest absolute Gasteiger partial charge is 0.240 e. The Kier molecular flexibility index (Phi) is 3.79. The van der Waals surface area contributed by atoms with E-state index in [4.69, 9.17) is 10.3 Å². The highest BCUT2D eigenvalue weighted by Crippen LogP contribution is 2.38. The maximum atomic E-state index is 10.5. The lowest BCUT2D eigenvalue weighted by atomic mass is 10.2. The normalized spacial score (nSPS) is 20.1. The fourth-order valence-electron chi connectivity index (χ4n) is 1.54. The zero-order chi connectivity index (χ0) is 11.4. The van der Waals surface area contributed by atoms with Crippen molar-refractivity contribution in [1.29, 1.82) is 0 Å². The highest BCUT2D eigenvalue weighted by atomic mass is 32.2. The van der Waals surface area contributed by atoms with Gasteiger partial charge in [0.15, 0.2) is 5.82 Å². The zero-order valence-corrected chi connectivity index (χ0v) is 9.63. The third kappa shape index (κ3) is 2.96. The summed E-state index contributed by atoms with van der Waals surface area (Å²) in [6.45, 7) is 0.503. The van der Waals surface area contributed by atoms with Gasteiger partial charge in [0, 0.05) is 0 Å². The molecule has 0 radical (unpaired) electrons. The SMILES string of the molecule is NC(=O)CNCc1nc(C2CCCS2)no1. The number of nitrogens with two attached hydrogens (primary N) is 1. The van der Waals surface area contributed by atoms with E-state index in [-0.39, 0.29) is 6.54 Å². The fraction of sp³-hybridized carbons (Fsp3) is 0.667. The average Bonchev–Trinajstić information content (AvgIpc) is 2.85. The topological polar surface area (TPSA) is 94.0 Å². The number of hydrogen-bond donors (Lipinski definition) is 2. The van der Waals surface area contributed by atoms with Crippen molar-refractivity contribution in [1.82, 2.24) is 15.5 Å². The van der Waals surface area contributed by atoms with Gasteiger partial charge in [-0.15, -0.1) is 0 Å². The minimum Gasteiger partial charge on any atom is -0.369 e. The van der Waals surface area contributed by atoms with Crippen molar-refractivity contribution < 1.29 is 9.32 Å². The number of rotatable bonds is 5. The van der Waals surface area contributed by atoms with Crippen LogP contribution in [-0.4, -0.2) is 28.3 Å². The van der Waals surface area contributed by atoms with E-state index in [1.54, 1.807) is 0 Å². The standard InChI is InChI=1S/C9H14N4O2S/c10-7(14)4-11-5-8-12-9(13-15-8)6-2-1-3-16-6/h6,11H,1-5H2,(H2,10,14). The lowest BCUT2D eigenvalue weighted by Gasteiger charge is -1.99. The van der Waals surface area contributed by atoms with Gasteiger partial charge in [0.25, 0.3) is 0 Å². The molecule has 0 aliphatic carbocycles. The highest BCUT2D eigenvalue weighted by Gasteiger charge is 2.22. The molecule has 1 amide bonds. The molecular weight excluding hydrogens is 228 g/mol. The summed E-state index contributed by atoms with van der Waals surface area (Å²) in [7, 11) is 0. The van der Waals surface area contributed by atoms with Gasteiger partial charge < -0.3 is 10.3 Å². The first-order chi connectivity index (χ1) is 7.75. The van der Waals surface area contributed by atoms with Crippen molar-refractivity contribution in [3.8, 4) is 0 Å². The van der Waals surface area contributed by atoms with E-state index in [1.165, 1.54) is 6.42 Å². The third-order valence-electron chi connectivity index (χ3n) is 2.28. The molecule has 0 spiro atoms. The molecule has 2 heterocycles. The zero-order valence-electron chi connectivity index (χ0n) is 8.81. The van der Waals surface area contributed by atoms with Gasteiger partial charge in [-0.25, -0.2) is 0 Å². The molecule has 1 unspecified atom stereocenters. The van der Waals surface area contributed by atoms with Crippen molar-refractivity contribution in [3.63, 3.8) is 0 Å². The molecule has 2 rings (SSSR count). The van der Waals surface area contributed by atoms with E-state index < -0.39 is 5.91 Å². The number of aromatic nitrogens is 2. The number of primary amides is 1. The van der Waals surface area contributed by atoms with Crippen molar-refractivity contribution in [2.24, 2.45) is 5.73 Å². The van der Waals surface area contributed by atoms with Gasteiger partial charge in [-0.2, -0.15) is 16.7 Å². The predicted molar refractivity (Wildman–Crippen MR) is 59.6 cm³/mol. The number of hydrogen-bond acceptors (Lipinski definition) is 6. The second kappa shape index (κ2) is 5.31. The van der Waals surface area contributed by atoms with Gasteiger partial charge in [-0.1, -0.05) is 5.16 Å². The van der Waals surface area contributed by atoms with Crippen LogP contribution in [-0.2, 0) is 11.3 Å². The van der Waals surface area contributed by atoms with Crippen LogP contribution in [0.15, 0.2) is 4.52 Å². The van der Waals surface area contributed by atoms with Crippen molar-refractivity contribution >= 4 is 17.7 Å². The Bertz CT molecular complexity index is 362. The monoisotopic (exact) mass is 242 g/mol. The average molecular weight is 242 g/mol. The van der Waals surface area contributed by atoms with Crippen LogP contribution in [0.5, 0.6) is 0 Å². The molecule has 1 aromatic rings. The van der Waals surface area contributed by atoms with Crippen LogP contribution in [0.3, 0.4) is 0 Å². The van der Waals surface area contributed by atoms with Crippen LogP contribution in [0.4, 0.5) is 0 Å². The van der Waals surface area contributed by atoms with Crippen LogP contribution in [0.25, 0.3) is 0 Å². The lowest BCUT2D eigenvalue weighted by molar-refractivity contribution is -0.117. The summed E-state index contributed by atoms with van der Waals surface area (Å²) in [6.07, 6.45) is 2.32. The maximum Gasteiger partial charge on any atom is 0.240 e. The molecule has 3 N–H and O–H groups in total. The predicted octanol–water partition coefficient (Wildman–Crippen LogP) is 0.213. The molecule has 16 heavy (non-hydrogen) atoms. The van der Waals surface area contributed by atoms with E-state index >= 15 is 0 Å². The Morgan fingerprint density at radius 1 is 1.69 bits per heavy atom. The first kappa shape index (κ1) is 11.4. The summed E-state index contributed by atoms with van der Waals surface area (Å²) < 4.78 is 5.07. The van der Waals surface area contributed by atoms with Gasteiger partial charge >= 0.3 is 0 Å². The van der Waals surface area contributed by atoms with Gasteiger partial charge in [0.1, 0.15) is 0 Å². The van der Waals surface area contributed by atoms with Crippen LogP contribution >= 0.6 is 11.8 Å². The number of nitrogens with zero attached hydrogens (tertiary/aromatic N) is 2. The number of nitrogens with one attached hydrogen (secondary N) is 1. The molecule has 6 nitrogen and oxygen atoms in total. The Hall–Kier alpha value is -1.08. The van der Waals surface area contributed by atoms with E-state index in [0.717, 1.165) is 18.0 Å². The van der Waals surface area contributed by atoms with Crippen LogP contribution in [0.1, 0.15) is 29.8 Å². The molecule has 7 heteroatoms. The Morgan fingerprint density at radius 2 is 2.56 bits per heavy atom. The highest BCUT2D eigenvalue weighted by molar-refractivity contribution is 7.99. The summed E-state index contributed by atoms with van der Waals surface area (Å²) >= 11 is 1.86. The molecule has 1 aliphatic rings. The fourth-order valence-corrected chi connectivity index (χ4v) is 2.74. The summed E-state index contributed by atoms with van der Waals surface area (Å²) in [5.74, 6) is 2.03. The van der Waals surface area contributed by atoms with E-state index in [9.17, 15) is 4.79 Å². The second-order valence-corrected chi connectivity index (χ2v) is 4.93. The third-order valence-corrected chi connectivity index (χ3v) is 3.65.